The van der Waals surface area contributed by atoms with Crippen molar-refractivity contribution in [1.82, 2.24) is 9.21 Å². The largest absolute Gasteiger partial charge is 0.336 e. The van der Waals surface area contributed by atoms with Crippen LogP contribution >= 0.6 is 28.6 Å². The first kappa shape index (κ1) is 15.8. The highest BCUT2D eigenvalue weighted by Crippen LogP contribution is 2.22. The molecular weight excluding hydrogens is 364 g/mol. The Kier molecular flexibility index (Phi) is 4.78. The number of hydrogen-bond donors (Lipinski definition) is 1. The van der Waals surface area contributed by atoms with Gasteiger partial charge in [-0.05, 0) is 18.2 Å². The molecule has 5 nitrogen and oxygen atoms in total. The van der Waals surface area contributed by atoms with Crippen LogP contribution in [0.1, 0.15) is 10.4 Å². The number of halogens is 1. The maximum absolute atomic E-state index is 12.4. The highest BCUT2D eigenvalue weighted by Gasteiger charge is 2.27. The Hall–Kier alpha value is -0.570. The van der Waals surface area contributed by atoms with E-state index in [0.717, 1.165) is 4.47 Å². The molecule has 1 aromatic carbocycles. The Bertz CT molecular complexity index is 626. The number of benzene rings is 1. The summed E-state index contributed by atoms with van der Waals surface area (Å²) >= 11 is 7.63. The lowest BCUT2D eigenvalue weighted by Crippen LogP contribution is -2.50. The highest BCUT2D eigenvalue weighted by molar-refractivity contribution is 9.10. The molecule has 1 heterocycles. The van der Waals surface area contributed by atoms with Crippen LogP contribution in [-0.2, 0) is 10.0 Å². The number of hydrogen-bond acceptors (Lipinski definition) is 4. The third-order valence-corrected chi connectivity index (χ3v) is 5.35. The monoisotopic (exact) mass is 378 g/mol. The molecule has 0 unspecified atom stereocenters. The van der Waals surface area contributed by atoms with E-state index in [4.69, 9.17) is 0 Å². The normalized spacial score (nSPS) is 17.2. The van der Waals surface area contributed by atoms with Gasteiger partial charge in [0.25, 0.3) is 5.91 Å². The van der Waals surface area contributed by atoms with Gasteiger partial charge in [0, 0.05) is 35.5 Å². The molecule has 0 aromatic heterocycles. The van der Waals surface area contributed by atoms with Gasteiger partial charge in [-0.3, -0.25) is 4.79 Å². The standard InChI is InChI=1S/C12H15BrN2O3S2/c1-20(17,18)15-6-4-14(5-7-15)12(16)10-3-2-9(13)8-11(10)19/h2-3,8,19H,4-7H2,1H3. The minimum atomic E-state index is -3.18. The van der Waals surface area contributed by atoms with Gasteiger partial charge >= 0.3 is 0 Å². The zero-order valence-corrected chi connectivity index (χ0v) is 14.2. The molecule has 8 heteroatoms. The van der Waals surface area contributed by atoms with E-state index >= 15 is 0 Å². The molecule has 0 atom stereocenters. The summed E-state index contributed by atoms with van der Waals surface area (Å²) < 4.78 is 25.1. The molecule has 110 valence electrons. The van der Waals surface area contributed by atoms with E-state index in [2.05, 4.69) is 28.6 Å². The zero-order chi connectivity index (χ0) is 14.9. The molecule has 0 N–H and O–H groups in total. The summed E-state index contributed by atoms with van der Waals surface area (Å²) in [7, 11) is -3.18. The lowest BCUT2D eigenvalue weighted by atomic mass is 10.2. The first-order chi connectivity index (χ1) is 9.29. The van der Waals surface area contributed by atoms with Gasteiger partial charge in [-0.1, -0.05) is 15.9 Å². The molecule has 0 spiro atoms. The van der Waals surface area contributed by atoms with Crippen molar-refractivity contribution in [3.8, 4) is 0 Å². The minimum absolute atomic E-state index is 0.115. The minimum Gasteiger partial charge on any atom is -0.336 e. The third-order valence-electron chi connectivity index (χ3n) is 3.19. The summed E-state index contributed by atoms with van der Waals surface area (Å²) in [5.41, 5.74) is 0.532. The molecule has 0 aliphatic carbocycles. The van der Waals surface area contributed by atoms with E-state index in [9.17, 15) is 13.2 Å². The van der Waals surface area contributed by atoms with Crippen molar-refractivity contribution in [3.63, 3.8) is 0 Å². The molecule has 2 rings (SSSR count). The molecule has 20 heavy (non-hydrogen) atoms. The summed E-state index contributed by atoms with van der Waals surface area (Å²) in [4.78, 5) is 14.6. The fraction of sp³-hybridized carbons (Fsp3) is 0.417. The molecule has 0 radical (unpaired) electrons. The van der Waals surface area contributed by atoms with Crippen LogP contribution in [0.2, 0.25) is 0 Å². The lowest BCUT2D eigenvalue weighted by Gasteiger charge is -2.33. The van der Waals surface area contributed by atoms with Crippen molar-refractivity contribution in [1.29, 1.82) is 0 Å². The Labute approximate surface area is 132 Å². The number of amides is 1. The number of piperazine rings is 1. The average Bonchev–Trinajstić information content (AvgIpc) is 2.37. The molecule has 1 aromatic rings. The molecular formula is C12H15BrN2O3S2. The van der Waals surface area contributed by atoms with Crippen molar-refractivity contribution in [2.45, 2.75) is 4.90 Å². The number of nitrogens with zero attached hydrogens (tertiary/aromatic N) is 2. The Morgan fingerprint density at radius 2 is 1.85 bits per heavy atom. The fourth-order valence-electron chi connectivity index (χ4n) is 2.08. The summed E-state index contributed by atoms with van der Waals surface area (Å²) in [5, 5.41) is 0. The van der Waals surface area contributed by atoms with Crippen LogP contribution < -0.4 is 0 Å². The van der Waals surface area contributed by atoms with Crippen LogP contribution in [0.25, 0.3) is 0 Å². The fourth-order valence-corrected chi connectivity index (χ4v) is 3.75. The van der Waals surface area contributed by atoms with Gasteiger partial charge in [0.2, 0.25) is 10.0 Å². The van der Waals surface area contributed by atoms with Gasteiger partial charge in [0.1, 0.15) is 0 Å². The second-order valence-electron chi connectivity index (χ2n) is 4.62. The molecule has 1 aliphatic rings. The predicted octanol–water partition coefficient (Wildman–Crippen LogP) is 1.46. The number of carbonyl (C=O) groups excluding carboxylic acids is 1. The summed E-state index contributed by atoms with van der Waals surface area (Å²) in [6, 6.07) is 5.28. The Morgan fingerprint density at radius 3 is 2.35 bits per heavy atom. The second kappa shape index (κ2) is 6.05. The van der Waals surface area contributed by atoms with Gasteiger partial charge in [-0.25, -0.2) is 8.42 Å². The van der Waals surface area contributed by atoms with Crippen molar-refractivity contribution < 1.29 is 13.2 Å². The number of carbonyl (C=O) groups is 1. The third kappa shape index (κ3) is 3.55. The maximum Gasteiger partial charge on any atom is 0.255 e. The smallest absolute Gasteiger partial charge is 0.255 e. The van der Waals surface area contributed by atoms with Crippen molar-refractivity contribution in [2.75, 3.05) is 32.4 Å². The highest BCUT2D eigenvalue weighted by atomic mass is 79.9. The Morgan fingerprint density at radius 1 is 1.25 bits per heavy atom. The molecule has 1 aliphatic heterocycles. The van der Waals surface area contributed by atoms with Gasteiger partial charge in [-0.2, -0.15) is 4.31 Å². The van der Waals surface area contributed by atoms with E-state index < -0.39 is 10.0 Å². The van der Waals surface area contributed by atoms with Crippen LogP contribution in [0.4, 0.5) is 0 Å². The first-order valence-corrected chi connectivity index (χ1v) is 9.11. The zero-order valence-electron chi connectivity index (χ0n) is 10.9. The van der Waals surface area contributed by atoms with E-state index in [-0.39, 0.29) is 5.91 Å². The molecule has 0 bridgehead atoms. The van der Waals surface area contributed by atoms with E-state index in [1.807, 2.05) is 0 Å². The van der Waals surface area contributed by atoms with Gasteiger partial charge in [0.15, 0.2) is 0 Å². The molecule has 1 saturated heterocycles. The van der Waals surface area contributed by atoms with Gasteiger partial charge in [-0.15, -0.1) is 12.6 Å². The number of sulfonamides is 1. The van der Waals surface area contributed by atoms with Crippen LogP contribution in [0.3, 0.4) is 0 Å². The maximum atomic E-state index is 12.4. The molecule has 1 fully saturated rings. The van der Waals surface area contributed by atoms with Crippen molar-refractivity contribution >= 4 is 44.5 Å². The quantitative estimate of drug-likeness (QED) is 0.792. The van der Waals surface area contributed by atoms with E-state index in [0.29, 0.717) is 36.6 Å². The lowest BCUT2D eigenvalue weighted by molar-refractivity contribution is 0.0695. The predicted molar refractivity (Wildman–Crippen MR) is 83.7 cm³/mol. The number of rotatable bonds is 2. The summed E-state index contributed by atoms with van der Waals surface area (Å²) in [6.45, 7) is 1.47. The van der Waals surface area contributed by atoms with Crippen LogP contribution in [0.5, 0.6) is 0 Å². The molecule has 1 amide bonds. The second-order valence-corrected chi connectivity index (χ2v) is 8.00. The SMILES string of the molecule is CS(=O)(=O)N1CCN(C(=O)c2ccc(Br)cc2S)CC1. The van der Waals surface area contributed by atoms with Crippen LogP contribution in [-0.4, -0.2) is 56.0 Å². The average molecular weight is 379 g/mol. The van der Waals surface area contributed by atoms with Crippen LogP contribution in [0, 0.1) is 0 Å². The Balaban J connectivity index is 2.09. The first-order valence-electron chi connectivity index (χ1n) is 6.02. The number of thiol groups is 1. The molecule has 0 saturated carbocycles. The van der Waals surface area contributed by atoms with Crippen LogP contribution in [0.15, 0.2) is 27.6 Å². The summed E-state index contributed by atoms with van der Waals surface area (Å²) in [6.07, 6.45) is 1.19. The van der Waals surface area contributed by atoms with Crippen molar-refractivity contribution in [3.05, 3.63) is 28.2 Å². The van der Waals surface area contributed by atoms with E-state index in [1.165, 1.54) is 10.6 Å². The van der Waals surface area contributed by atoms with Gasteiger partial charge in [0.05, 0.1) is 11.8 Å². The van der Waals surface area contributed by atoms with Gasteiger partial charge < -0.3 is 4.90 Å². The van der Waals surface area contributed by atoms with Crippen molar-refractivity contribution in [2.24, 2.45) is 0 Å². The topological polar surface area (TPSA) is 57.7 Å². The van der Waals surface area contributed by atoms with E-state index in [1.54, 1.807) is 23.1 Å². The summed E-state index contributed by atoms with van der Waals surface area (Å²) in [5.74, 6) is -0.115.